The van der Waals surface area contributed by atoms with Crippen molar-refractivity contribution in [1.29, 1.82) is 0 Å². The number of nitrogens with one attached hydrogen (secondary N) is 2. The first-order valence-corrected chi connectivity index (χ1v) is 9.35. The molecule has 0 bridgehead atoms. The minimum Gasteiger partial charge on any atom is -0.486 e. The molecule has 4 rings (SSSR count). The second kappa shape index (κ2) is 8.84. The van der Waals surface area contributed by atoms with Crippen LogP contribution in [-0.4, -0.2) is 47.5 Å². The topological polar surface area (TPSA) is 115 Å². The third-order valence-corrected chi connectivity index (χ3v) is 4.47. The van der Waals surface area contributed by atoms with Crippen LogP contribution in [0.25, 0.3) is 0 Å². The number of anilines is 3. The molecule has 1 aromatic carbocycles. The SMILES string of the molecule is COC(=O)C=C1C=CC=C(Nc2ncc(F)c(Nc3ccc4c(c3)OCCO4)n2)C1O. The molecule has 0 saturated heterocycles. The summed E-state index contributed by atoms with van der Waals surface area (Å²) >= 11 is 0. The quantitative estimate of drug-likeness (QED) is 0.490. The van der Waals surface area contributed by atoms with E-state index in [0.29, 0.717) is 41.7 Å². The van der Waals surface area contributed by atoms with Crippen molar-refractivity contribution >= 4 is 23.4 Å². The molecular formula is C21H19FN4O5. The van der Waals surface area contributed by atoms with Gasteiger partial charge in [0.15, 0.2) is 23.1 Å². The van der Waals surface area contributed by atoms with Crippen molar-refractivity contribution in [2.24, 2.45) is 0 Å². The van der Waals surface area contributed by atoms with E-state index in [2.05, 4.69) is 25.3 Å². The number of hydrogen-bond acceptors (Lipinski definition) is 9. The van der Waals surface area contributed by atoms with Crippen molar-refractivity contribution in [3.05, 3.63) is 65.8 Å². The number of nitrogens with zero attached hydrogens (tertiary/aromatic N) is 2. The number of hydrogen-bond donors (Lipinski definition) is 3. The Labute approximate surface area is 176 Å². The van der Waals surface area contributed by atoms with Gasteiger partial charge in [-0.1, -0.05) is 12.2 Å². The molecule has 1 aliphatic carbocycles. The van der Waals surface area contributed by atoms with Gasteiger partial charge < -0.3 is 30.0 Å². The Morgan fingerprint density at radius 3 is 2.90 bits per heavy atom. The van der Waals surface area contributed by atoms with Gasteiger partial charge in [0.2, 0.25) is 5.95 Å². The number of ether oxygens (including phenoxy) is 3. The number of allylic oxidation sites excluding steroid dienone is 2. The molecule has 2 aliphatic rings. The van der Waals surface area contributed by atoms with Crippen LogP contribution in [0.5, 0.6) is 11.5 Å². The molecule has 0 saturated carbocycles. The predicted molar refractivity (Wildman–Crippen MR) is 110 cm³/mol. The number of fused-ring (bicyclic) bond motifs is 1. The van der Waals surface area contributed by atoms with Crippen LogP contribution in [-0.2, 0) is 9.53 Å². The van der Waals surface area contributed by atoms with Gasteiger partial charge in [-0.2, -0.15) is 4.98 Å². The number of aliphatic hydroxyl groups is 1. The van der Waals surface area contributed by atoms with Gasteiger partial charge in [0.25, 0.3) is 0 Å². The number of carbonyl (C=O) groups is 1. The fraction of sp³-hybridized carbons (Fsp3) is 0.190. The minimum absolute atomic E-state index is 0.0551. The van der Waals surface area contributed by atoms with E-state index in [1.54, 1.807) is 36.4 Å². The summed E-state index contributed by atoms with van der Waals surface area (Å²) in [6, 6.07) is 5.12. The van der Waals surface area contributed by atoms with Crippen molar-refractivity contribution in [3.8, 4) is 11.5 Å². The minimum atomic E-state index is -1.13. The van der Waals surface area contributed by atoms with Crippen LogP contribution in [0.1, 0.15) is 0 Å². The number of halogens is 1. The molecule has 31 heavy (non-hydrogen) atoms. The molecule has 9 nitrogen and oxygen atoms in total. The summed E-state index contributed by atoms with van der Waals surface area (Å²) in [4.78, 5) is 19.5. The lowest BCUT2D eigenvalue weighted by Gasteiger charge is -2.20. The van der Waals surface area contributed by atoms with Gasteiger partial charge in [-0.05, 0) is 23.8 Å². The summed E-state index contributed by atoms with van der Waals surface area (Å²) < 4.78 is 29.9. The van der Waals surface area contributed by atoms with Crippen LogP contribution >= 0.6 is 0 Å². The Balaban J connectivity index is 1.52. The molecule has 1 unspecified atom stereocenters. The lowest BCUT2D eigenvalue weighted by Crippen LogP contribution is -2.22. The lowest BCUT2D eigenvalue weighted by molar-refractivity contribution is -0.134. The molecule has 0 fully saturated rings. The van der Waals surface area contributed by atoms with Gasteiger partial charge in [-0.25, -0.2) is 14.2 Å². The maximum Gasteiger partial charge on any atom is 0.330 e. The van der Waals surface area contributed by atoms with Crippen molar-refractivity contribution in [1.82, 2.24) is 9.97 Å². The zero-order valence-corrected chi connectivity index (χ0v) is 16.5. The van der Waals surface area contributed by atoms with Gasteiger partial charge in [-0.3, -0.25) is 0 Å². The first-order chi connectivity index (χ1) is 15.0. The molecule has 0 spiro atoms. The van der Waals surface area contributed by atoms with E-state index in [9.17, 15) is 14.3 Å². The molecule has 2 aromatic rings. The second-order valence-corrected chi connectivity index (χ2v) is 6.55. The molecule has 0 radical (unpaired) electrons. The number of rotatable bonds is 5. The Kier molecular flexibility index (Phi) is 5.80. The van der Waals surface area contributed by atoms with Gasteiger partial charge >= 0.3 is 5.97 Å². The molecule has 1 aromatic heterocycles. The number of esters is 1. The molecule has 0 amide bonds. The molecule has 1 aliphatic heterocycles. The fourth-order valence-corrected chi connectivity index (χ4v) is 2.96. The zero-order valence-electron chi connectivity index (χ0n) is 16.5. The number of carbonyl (C=O) groups excluding carboxylic acids is 1. The molecule has 3 N–H and O–H groups in total. The number of benzene rings is 1. The monoisotopic (exact) mass is 426 g/mol. The molecule has 2 heterocycles. The molecule has 10 heteroatoms. The highest BCUT2D eigenvalue weighted by atomic mass is 19.1. The molecule has 1 atom stereocenters. The van der Waals surface area contributed by atoms with Crippen LogP contribution in [0.15, 0.2) is 60.0 Å². The number of aromatic nitrogens is 2. The Hall–Kier alpha value is -3.92. The van der Waals surface area contributed by atoms with Crippen molar-refractivity contribution in [2.45, 2.75) is 6.10 Å². The van der Waals surface area contributed by atoms with E-state index in [0.717, 1.165) is 6.20 Å². The highest BCUT2D eigenvalue weighted by Gasteiger charge is 2.20. The van der Waals surface area contributed by atoms with E-state index in [4.69, 9.17) is 9.47 Å². The summed E-state index contributed by atoms with van der Waals surface area (Å²) in [5, 5.41) is 16.2. The van der Waals surface area contributed by atoms with Crippen LogP contribution < -0.4 is 20.1 Å². The second-order valence-electron chi connectivity index (χ2n) is 6.55. The van der Waals surface area contributed by atoms with Gasteiger partial charge in [-0.15, -0.1) is 0 Å². The zero-order chi connectivity index (χ0) is 21.8. The van der Waals surface area contributed by atoms with Gasteiger partial charge in [0.05, 0.1) is 19.0 Å². The highest BCUT2D eigenvalue weighted by molar-refractivity contribution is 5.84. The average molecular weight is 426 g/mol. The first-order valence-electron chi connectivity index (χ1n) is 9.35. The normalized spacial score (nSPS) is 18.4. The highest BCUT2D eigenvalue weighted by Crippen LogP contribution is 2.33. The van der Waals surface area contributed by atoms with Gasteiger partial charge in [0, 0.05) is 17.8 Å². The van der Waals surface area contributed by atoms with E-state index in [-0.39, 0.29) is 11.8 Å². The molecule has 160 valence electrons. The summed E-state index contributed by atoms with van der Waals surface area (Å²) in [6.07, 6.45) is 5.87. The van der Waals surface area contributed by atoms with E-state index < -0.39 is 17.9 Å². The molecular weight excluding hydrogens is 407 g/mol. The van der Waals surface area contributed by atoms with E-state index in [1.165, 1.54) is 13.2 Å². The van der Waals surface area contributed by atoms with Crippen LogP contribution in [0.2, 0.25) is 0 Å². The maximum atomic E-state index is 14.3. The van der Waals surface area contributed by atoms with Crippen LogP contribution in [0.3, 0.4) is 0 Å². The van der Waals surface area contributed by atoms with Crippen LogP contribution in [0, 0.1) is 5.82 Å². The smallest absolute Gasteiger partial charge is 0.330 e. The number of methoxy groups -OCH3 is 1. The number of aliphatic hydroxyl groups excluding tert-OH is 1. The summed E-state index contributed by atoms with van der Waals surface area (Å²) in [7, 11) is 1.25. The van der Waals surface area contributed by atoms with Crippen molar-refractivity contribution < 1.29 is 28.5 Å². The lowest BCUT2D eigenvalue weighted by atomic mass is 10.0. The Bertz CT molecular complexity index is 1100. The van der Waals surface area contributed by atoms with Crippen molar-refractivity contribution in [2.75, 3.05) is 31.0 Å². The van der Waals surface area contributed by atoms with E-state index in [1.807, 2.05) is 0 Å². The van der Waals surface area contributed by atoms with E-state index >= 15 is 0 Å². The third kappa shape index (κ3) is 4.64. The van der Waals surface area contributed by atoms with Crippen molar-refractivity contribution in [3.63, 3.8) is 0 Å². The first kappa shape index (κ1) is 20.4. The third-order valence-electron chi connectivity index (χ3n) is 4.47. The summed E-state index contributed by atoms with van der Waals surface area (Å²) in [6.45, 7) is 0.910. The van der Waals surface area contributed by atoms with Gasteiger partial charge in [0.1, 0.15) is 19.3 Å². The fourth-order valence-electron chi connectivity index (χ4n) is 2.96. The largest absolute Gasteiger partial charge is 0.486 e. The maximum absolute atomic E-state index is 14.3. The average Bonchev–Trinajstić information content (AvgIpc) is 2.78. The van der Waals surface area contributed by atoms with Crippen LogP contribution in [0.4, 0.5) is 21.8 Å². The predicted octanol–water partition coefficient (Wildman–Crippen LogP) is 2.46. The Morgan fingerprint density at radius 2 is 2.10 bits per heavy atom. The summed E-state index contributed by atoms with van der Waals surface area (Å²) in [5.41, 5.74) is 1.19. The summed E-state index contributed by atoms with van der Waals surface area (Å²) in [5.74, 6) is -0.102. The Morgan fingerprint density at radius 1 is 1.29 bits per heavy atom. The standard InChI is InChI=1S/C21H19FN4O5/c1-29-18(27)9-12-3-2-4-15(19(12)28)25-21-23-11-14(22)20(26-21)24-13-5-6-16-17(10-13)31-8-7-30-16/h2-6,9-11,19,28H,7-8H2,1H3,(H2,23,24,25,26).